The molecule has 2 heterocycles. The number of aromatic nitrogens is 2. The van der Waals surface area contributed by atoms with Crippen LogP contribution in [0.4, 0.5) is 0 Å². The van der Waals surface area contributed by atoms with Crippen molar-refractivity contribution in [2.45, 2.75) is 11.8 Å². The van der Waals surface area contributed by atoms with Crippen molar-refractivity contribution in [3.63, 3.8) is 0 Å². The van der Waals surface area contributed by atoms with Crippen LogP contribution in [0.3, 0.4) is 0 Å². The van der Waals surface area contributed by atoms with Gasteiger partial charge in [-0.2, -0.15) is 0 Å². The van der Waals surface area contributed by atoms with Crippen LogP contribution in [0.5, 0.6) is 0 Å². The molecule has 0 saturated carbocycles. The number of hydrogen-bond donors (Lipinski definition) is 0. The van der Waals surface area contributed by atoms with Gasteiger partial charge < -0.3 is 4.42 Å². The lowest BCUT2D eigenvalue weighted by Gasteiger charge is -2.07. The Morgan fingerprint density at radius 1 is 0.929 bits per heavy atom. The predicted octanol–water partition coefficient (Wildman–Crippen LogP) is 4.99. The maximum Gasteiger partial charge on any atom is 0.268 e. The number of benzene rings is 3. The number of nitrogens with zero attached hydrogens (tertiary/aromatic N) is 2. The van der Waals surface area contributed by atoms with Crippen LogP contribution in [0.1, 0.15) is 5.89 Å². The fourth-order valence-corrected chi connectivity index (χ4v) is 4.89. The van der Waals surface area contributed by atoms with Gasteiger partial charge in [0.1, 0.15) is 5.52 Å². The molecule has 28 heavy (non-hydrogen) atoms. The highest BCUT2D eigenvalue weighted by atomic mass is 32.2. The summed E-state index contributed by atoms with van der Waals surface area (Å²) in [5.74, 6) is 0.598. The molecule has 5 aromatic rings. The molecule has 0 aliphatic carbocycles. The molecule has 0 atom stereocenters. The quantitative estimate of drug-likeness (QED) is 0.436. The van der Waals surface area contributed by atoms with Crippen LogP contribution in [0.2, 0.25) is 0 Å². The minimum Gasteiger partial charge on any atom is -0.441 e. The monoisotopic (exact) mass is 388 g/mol. The standard InChI is InChI=1S/C22H16N2O3S/c1-15-23-20-13-16(11-12-22(20)27-15)19-14-24(21-10-6-5-9-18(19)21)28(25,26)17-7-3-2-4-8-17/h2-14H,1H3. The summed E-state index contributed by atoms with van der Waals surface area (Å²) in [6.45, 7) is 1.80. The van der Waals surface area contributed by atoms with Gasteiger partial charge in [0.25, 0.3) is 10.0 Å². The van der Waals surface area contributed by atoms with Crippen LogP contribution in [0.15, 0.2) is 88.3 Å². The Bertz CT molecular complexity index is 1430. The van der Waals surface area contributed by atoms with E-state index in [4.69, 9.17) is 4.42 Å². The van der Waals surface area contributed by atoms with Crippen LogP contribution < -0.4 is 0 Å². The molecule has 0 radical (unpaired) electrons. The third-order valence-electron chi connectivity index (χ3n) is 4.78. The third kappa shape index (κ3) is 2.53. The van der Waals surface area contributed by atoms with Gasteiger partial charge in [0, 0.05) is 24.1 Å². The van der Waals surface area contributed by atoms with Gasteiger partial charge in [0.05, 0.1) is 10.4 Å². The van der Waals surface area contributed by atoms with Crippen molar-refractivity contribution < 1.29 is 12.8 Å². The number of hydrogen-bond acceptors (Lipinski definition) is 4. The number of aryl methyl sites for hydroxylation is 1. The zero-order valence-electron chi connectivity index (χ0n) is 15.0. The molecular weight excluding hydrogens is 372 g/mol. The van der Waals surface area contributed by atoms with Crippen molar-refractivity contribution in [1.29, 1.82) is 0 Å². The molecule has 0 aliphatic heterocycles. The maximum atomic E-state index is 13.2. The van der Waals surface area contributed by atoms with Crippen LogP contribution >= 0.6 is 0 Å². The van der Waals surface area contributed by atoms with Crippen molar-refractivity contribution in [2.75, 3.05) is 0 Å². The fraction of sp³-hybridized carbons (Fsp3) is 0.0455. The van der Waals surface area contributed by atoms with E-state index < -0.39 is 10.0 Å². The molecule has 0 unspecified atom stereocenters. The second-order valence-electron chi connectivity index (χ2n) is 6.59. The van der Waals surface area contributed by atoms with E-state index in [1.807, 2.05) is 42.5 Å². The van der Waals surface area contributed by atoms with E-state index in [1.54, 1.807) is 43.5 Å². The van der Waals surface area contributed by atoms with E-state index in [2.05, 4.69) is 4.98 Å². The highest BCUT2D eigenvalue weighted by molar-refractivity contribution is 7.90. The number of para-hydroxylation sites is 1. The highest BCUT2D eigenvalue weighted by Gasteiger charge is 2.21. The van der Waals surface area contributed by atoms with Crippen LogP contribution in [0.25, 0.3) is 33.1 Å². The Kier molecular flexibility index (Phi) is 3.64. The summed E-state index contributed by atoms with van der Waals surface area (Å²) >= 11 is 0. The molecule has 0 bridgehead atoms. The smallest absolute Gasteiger partial charge is 0.268 e. The molecule has 5 nitrogen and oxygen atoms in total. The normalized spacial score (nSPS) is 12.0. The topological polar surface area (TPSA) is 65.1 Å². The summed E-state index contributed by atoms with van der Waals surface area (Å²) < 4.78 is 33.4. The summed E-state index contributed by atoms with van der Waals surface area (Å²) in [6, 6.07) is 21.7. The molecule has 6 heteroatoms. The second-order valence-corrected chi connectivity index (χ2v) is 8.40. The Labute approximate surface area is 161 Å². The summed E-state index contributed by atoms with van der Waals surface area (Å²) in [5.41, 5.74) is 3.81. The Balaban J connectivity index is 1.77. The third-order valence-corrected chi connectivity index (χ3v) is 6.47. The highest BCUT2D eigenvalue weighted by Crippen LogP contribution is 2.34. The van der Waals surface area contributed by atoms with Gasteiger partial charge in [-0.3, -0.25) is 0 Å². The lowest BCUT2D eigenvalue weighted by molar-refractivity contribution is 0.561. The predicted molar refractivity (Wildman–Crippen MR) is 109 cm³/mol. The van der Waals surface area contributed by atoms with Crippen LogP contribution in [0, 0.1) is 6.92 Å². The van der Waals surface area contributed by atoms with Crippen molar-refractivity contribution in [3.05, 3.63) is 84.9 Å². The number of rotatable bonds is 3. The second kappa shape index (κ2) is 6.07. The van der Waals surface area contributed by atoms with E-state index >= 15 is 0 Å². The van der Waals surface area contributed by atoms with Crippen molar-refractivity contribution in [1.82, 2.24) is 8.96 Å². The average Bonchev–Trinajstić information content (AvgIpc) is 3.28. The molecule has 0 fully saturated rings. The molecule has 0 amide bonds. The van der Waals surface area contributed by atoms with E-state index in [-0.39, 0.29) is 4.90 Å². The van der Waals surface area contributed by atoms with Gasteiger partial charge >= 0.3 is 0 Å². The largest absolute Gasteiger partial charge is 0.441 e. The molecular formula is C22H16N2O3S. The first-order valence-corrected chi connectivity index (χ1v) is 10.3. The first-order chi connectivity index (χ1) is 13.5. The fourth-order valence-electron chi connectivity index (χ4n) is 3.50. The molecule has 0 N–H and O–H groups in total. The minimum atomic E-state index is -3.71. The zero-order chi connectivity index (χ0) is 19.3. The molecule has 0 aliphatic rings. The summed E-state index contributed by atoms with van der Waals surface area (Å²) in [6.07, 6.45) is 1.68. The Morgan fingerprint density at radius 2 is 1.68 bits per heavy atom. The molecule has 2 aromatic heterocycles. The summed E-state index contributed by atoms with van der Waals surface area (Å²) in [5, 5.41) is 0.863. The van der Waals surface area contributed by atoms with E-state index in [9.17, 15) is 8.42 Å². The van der Waals surface area contributed by atoms with Crippen molar-refractivity contribution in [2.24, 2.45) is 0 Å². The van der Waals surface area contributed by atoms with Crippen molar-refractivity contribution >= 4 is 32.0 Å². The average molecular weight is 388 g/mol. The van der Waals surface area contributed by atoms with Gasteiger partial charge in [0.2, 0.25) is 0 Å². The van der Waals surface area contributed by atoms with Gasteiger partial charge in [-0.05, 0) is 35.9 Å². The lowest BCUT2D eigenvalue weighted by atomic mass is 10.0. The van der Waals surface area contributed by atoms with Crippen LogP contribution in [-0.2, 0) is 10.0 Å². The van der Waals surface area contributed by atoms with Gasteiger partial charge in [0.15, 0.2) is 11.5 Å². The molecule has 138 valence electrons. The lowest BCUT2D eigenvalue weighted by Crippen LogP contribution is -2.11. The number of oxazole rings is 1. The van der Waals surface area contributed by atoms with E-state index in [0.717, 1.165) is 22.0 Å². The van der Waals surface area contributed by atoms with Crippen molar-refractivity contribution in [3.8, 4) is 11.1 Å². The summed E-state index contributed by atoms with van der Waals surface area (Å²) in [7, 11) is -3.71. The molecule has 0 spiro atoms. The molecule has 0 saturated heterocycles. The molecule has 5 rings (SSSR count). The maximum absolute atomic E-state index is 13.2. The van der Waals surface area contributed by atoms with Crippen LogP contribution in [-0.4, -0.2) is 17.4 Å². The first kappa shape index (κ1) is 16.8. The Hall–Kier alpha value is -3.38. The number of fused-ring (bicyclic) bond motifs is 2. The first-order valence-electron chi connectivity index (χ1n) is 8.82. The zero-order valence-corrected chi connectivity index (χ0v) is 15.8. The van der Waals surface area contributed by atoms with Gasteiger partial charge in [-0.15, -0.1) is 0 Å². The molecule has 3 aromatic carbocycles. The van der Waals surface area contributed by atoms with Gasteiger partial charge in [-0.1, -0.05) is 42.5 Å². The van der Waals surface area contributed by atoms with E-state index in [1.165, 1.54) is 3.97 Å². The summed E-state index contributed by atoms with van der Waals surface area (Å²) in [4.78, 5) is 4.65. The van der Waals surface area contributed by atoms with E-state index in [0.29, 0.717) is 17.0 Å². The van der Waals surface area contributed by atoms with Gasteiger partial charge in [-0.25, -0.2) is 17.4 Å². The minimum absolute atomic E-state index is 0.255. The SMILES string of the molecule is Cc1nc2cc(-c3cn(S(=O)(=O)c4ccccc4)c4ccccc34)ccc2o1. The Morgan fingerprint density at radius 3 is 2.50 bits per heavy atom.